The number of methoxy groups -OCH3 is 1. The smallest absolute Gasteiger partial charge is 0.321 e. The van der Waals surface area contributed by atoms with Crippen LogP contribution in [0.2, 0.25) is 5.02 Å². The van der Waals surface area contributed by atoms with E-state index in [9.17, 15) is 4.79 Å². The molecule has 5 nitrogen and oxygen atoms in total. The number of carbonyl (C=O) groups is 1. The maximum atomic E-state index is 11.7. The minimum absolute atomic E-state index is 0.0772. The predicted octanol–water partition coefficient (Wildman–Crippen LogP) is 4.07. The molecule has 6 heteroatoms. The van der Waals surface area contributed by atoms with Crippen molar-refractivity contribution in [1.82, 2.24) is 4.90 Å². The molecule has 2 aromatic rings. The lowest BCUT2D eigenvalue weighted by Crippen LogP contribution is -2.27. The molecule has 0 fully saturated rings. The van der Waals surface area contributed by atoms with Gasteiger partial charge in [-0.2, -0.15) is 0 Å². The number of hydrogen-bond acceptors (Lipinski definition) is 3. The van der Waals surface area contributed by atoms with Crippen molar-refractivity contribution in [1.29, 1.82) is 0 Å². The number of rotatable bonds is 7. The van der Waals surface area contributed by atoms with Crippen molar-refractivity contribution in [3.63, 3.8) is 0 Å². The van der Waals surface area contributed by atoms with Crippen molar-refractivity contribution in [2.75, 3.05) is 33.1 Å². The Kier molecular flexibility index (Phi) is 7.10. The van der Waals surface area contributed by atoms with E-state index in [4.69, 9.17) is 21.1 Å². The Morgan fingerprint density at radius 2 is 1.92 bits per heavy atom. The summed E-state index contributed by atoms with van der Waals surface area (Å²) in [6, 6.07) is 15.0. The van der Waals surface area contributed by atoms with Crippen molar-refractivity contribution in [3.05, 3.63) is 59.1 Å². The summed E-state index contributed by atoms with van der Waals surface area (Å²) in [5, 5.41) is 3.18. The maximum absolute atomic E-state index is 11.7. The summed E-state index contributed by atoms with van der Waals surface area (Å²) >= 11 is 6.25. The third kappa shape index (κ3) is 5.96. The van der Waals surface area contributed by atoms with Crippen molar-refractivity contribution in [2.45, 2.75) is 12.5 Å². The van der Waals surface area contributed by atoms with E-state index in [2.05, 4.69) is 17.4 Å². The monoisotopic (exact) mass is 362 g/mol. The molecular formula is C19H23ClN2O3. The molecule has 0 saturated carbocycles. The molecule has 2 amide bonds. The molecule has 0 aromatic heterocycles. The Labute approximate surface area is 153 Å². The zero-order valence-corrected chi connectivity index (χ0v) is 15.4. The Hall–Kier alpha value is -2.24. The van der Waals surface area contributed by atoms with Gasteiger partial charge in [0.05, 0.1) is 11.1 Å². The first-order valence-electron chi connectivity index (χ1n) is 7.97. The number of hydrogen-bond donors (Lipinski definition) is 1. The summed E-state index contributed by atoms with van der Waals surface area (Å²) < 4.78 is 11.3. The quantitative estimate of drug-likeness (QED) is 0.807. The number of amides is 2. The molecule has 0 aliphatic heterocycles. The number of halogens is 1. The molecule has 0 radical (unpaired) electrons. The second kappa shape index (κ2) is 9.30. The van der Waals surface area contributed by atoms with E-state index in [-0.39, 0.29) is 12.1 Å². The van der Waals surface area contributed by atoms with Crippen LogP contribution in [0.3, 0.4) is 0 Å². The topological polar surface area (TPSA) is 50.8 Å². The van der Waals surface area contributed by atoms with Gasteiger partial charge in [-0.1, -0.05) is 41.9 Å². The van der Waals surface area contributed by atoms with Gasteiger partial charge in [0.1, 0.15) is 12.4 Å². The van der Waals surface area contributed by atoms with Crippen LogP contribution in [-0.2, 0) is 11.2 Å². The van der Waals surface area contributed by atoms with Crippen LogP contribution in [0, 0.1) is 0 Å². The van der Waals surface area contributed by atoms with Crippen LogP contribution in [0.4, 0.5) is 10.5 Å². The number of nitrogens with zero attached hydrogens (tertiary/aromatic N) is 1. The molecule has 0 bridgehead atoms. The highest BCUT2D eigenvalue weighted by Gasteiger charge is 2.12. The fraction of sp³-hybridized carbons (Fsp3) is 0.316. The molecule has 1 atom stereocenters. The highest BCUT2D eigenvalue weighted by atomic mass is 35.5. The van der Waals surface area contributed by atoms with E-state index in [1.54, 1.807) is 39.4 Å². The third-order valence-electron chi connectivity index (χ3n) is 3.65. The van der Waals surface area contributed by atoms with Gasteiger partial charge in [0, 0.05) is 33.3 Å². The van der Waals surface area contributed by atoms with Crippen molar-refractivity contribution in [2.24, 2.45) is 0 Å². The summed E-state index contributed by atoms with van der Waals surface area (Å²) in [4.78, 5) is 13.1. The highest BCUT2D eigenvalue weighted by molar-refractivity contribution is 6.32. The van der Waals surface area contributed by atoms with Gasteiger partial charge in [0.2, 0.25) is 0 Å². The predicted molar refractivity (Wildman–Crippen MR) is 101 cm³/mol. The van der Waals surface area contributed by atoms with Gasteiger partial charge in [-0.3, -0.25) is 0 Å². The van der Waals surface area contributed by atoms with Gasteiger partial charge in [0.15, 0.2) is 0 Å². The Balaban J connectivity index is 1.94. The SMILES string of the molecule is COC(COc1ccc(NC(=O)N(C)C)cc1Cl)Cc1ccccc1. The van der Waals surface area contributed by atoms with Gasteiger partial charge < -0.3 is 19.7 Å². The van der Waals surface area contributed by atoms with Crippen LogP contribution < -0.4 is 10.1 Å². The number of carbonyl (C=O) groups excluding carboxylic acids is 1. The normalized spacial score (nSPS) is 11.7. The first-order valence-corrected chi connectivity index (χ1v) is 8.34. The molecular weight excluding hydrogens is 340 g/mol. The largest absolute Gasteiger partial charge is 0.489 e. The average Bonchev–Trinajstić information content (AvgIpc) is 2.60. The summed E-state index contributed by atoms with van der Waals surface area (Å²) in [5.74, 6) is 0.555. The Morgan fingerprint density at radius 3 is 2.52 bits per heavy atom. The zero-order valence-electron chi connectivity index (χ0n) is 14.7. The van der Waals surface area contributed by atoms with E-state index in [1.165, 1.54) is 10.5 Å². The summed E-state index contributed by atoms with van der Waals surface area (Å²) in [5.41, 5.74) is 1.80. The lowest BCUT2D eigenvalue weighted by Gasteiger charge is -2.18. The van der Waals surface area contributed by atoms with Gasteiger partial charge in [0.25, 0.3) is 0 Å². The first-order chi connectivity index (χ1) is 12.0. The van der Waals surface area contributed by atoms with Crippen molar-refractivity contribution in [3.8, 4) is 5.75 Å². The van der Waals surface area contributed by atoms with Gasteiger partial charge in [-0.15, -0.1) is 0 Å². The standard InChI is InChI=1S/C19H23ClN2O3/c1-22(2)19(23)21-15-9-10-18(17(20)12-15)25-13-16(24-3)11-14-7-5-4-6-8-14/h4-10,12,16H,11,13H2,1-3H3,(H,21,23). The molecule has 0 saturated heterocycles. The molecule has 0 heterocycles. The lowest BCUT2D eigenvalue weighted by molar-refractivity contribution is 0.0585. The van der Waals surface area contributed by atoms with Crippen LogP contribution >= 0.6 is 11.6 Å². The van der Waals surface area contributed by atoms with Gasteiger partial charge in [-0.25, -0.2) is 4.79 Å². The second-order valence-corrected chi connectivity index (χ2v) is 6.24. The van der Waals surface area contributed by atoms with E-state index in [0.717, 1.165) is 6.42 Å². The van der Waals surface area contributed by atoms with Crippen LogP contribution in [0.15, 0.2) is 48.5 Å². The van der Waals surface area contributed by atoms with E-state index >= 15 is 0 Å². The lowest BCUT2D eigenvalue weighted by atomic mass is 10.1. The molecule has 2 aromatic carbocycles. The van der Waals surface area contributed by atoms with Gasteiger partial charge in [-0.05, 0) is 23.8 Å². The first kappa shape index (κ1) is 19.1. The summed E-state index contributed by atoms with van der Waals surface area (Å²) in [6.45, 7) is 0.383. The fourth-order valence-electron chi connectivity index (χ4n) is 2.20. The number of urea groups is 1. The third-order valence-corrected chi connectivity index (χ3v) is 3.95. The maximum Gasteiger partial charge on any atom is 0.321 e. The van der Waals surface area contributed by atoms with Crippen LogP contribution in [-0.4, -0.2) is 44.8 Å². The van der Waals surface area contributed by atoms with Gasteiger partial charge >= 0.3 is 6.03 Å². The average molecular weight is 363 g/mol. The number of benzene rings is 2. The van der Waals surface area contributed by atoms with Crippen LogP contribution in [0.25, 0.3) is 0 Å². The molecule has 0 aliphatic rings. The number of ether oxygens (including phenoxy) is 2. The van der Waals surface area contributed by atoms with Crippen molar-refractivity contribution >= 4 is 23.3 Å². The Morgan fingerprint density at radius 1 is 1.20 bits per heavy atom. The molecule has 0 spiro atoms. The molecule has 134 valence electrons. The molecule has 2 rings (SSSR count). The molecule has 25 heavy (non-hydrogen) atoms. The van der Waals surface area contributed by atoms with Crippen molar-refractivity contribution < 1.29 is 14.3 Å². The fourth-order valence-corrected chi connectivity index (χ4v) is 2.44. The molecule has 1 N–H and O–H groups in total. The minimum atomic E-state index is -0.216. The summed E-state index contributed by atoms with van der Waals surface area (Å²) in [6.07, 6.45) is 0.679. The number of anilines is 1. The van der Waals surface area contributed by atoms with E-state index in [1.807, 2.05) is 18.2 Å². The number of nitrogens with one attached hydrogen (secondary N) is 1. The zero-order chi connectivity index (χ0) is 18.2. The Bertz CT molecular complexity index is 692. The highest BCUT2D eigenvalue weighted by Crippen LogP contribution is 2.28. The summed E-state index contributed by atoms with van der Waals surface area (Å²) in [7, 11) is 5.01. The molecule has 0 aliphatic carbocycles. The second-order valence-electron chi connectivity index (χ2n) is 5.83. The minimum Gasteiger partial charge on any atom is -0.489 e. The van der Waals surface area contributed by atoms with E-state index < -0.39 is 0 Å². The molecule has 1 unspecified atom stereocenters. The van der Waals surface area contributed by atoms with Crippen LogP contribution in [0.5, 0.6) is 5.75 Å². The van der Waals surface area contributed by atoms with E-state index in [0.29, 0.717) is 23.1 Å². The van der Waals surface area contributed by atoms with Crippen LogP contribution in [0.1, 0.15) is 5.56 Å².